The second kappa shape index (κ2) is 5.63. The van der Waals surface area contributed by atoms with E-state index in [1.165, 1.54) is 36.4 Å². The minimum atomic E-state index is -0.566. The van der Waals surface area contributed by atoms with E-state index in [-0.39, 0.29) is 16.3 Å². The summed E-state index contributed by atoms with van der Waals surface area (Å²) in [6, 6.07) is 8.15. The monoisotopic (exact) mass is 343 g/mol. The molecule has 2 rings (SSSR count). The van der Waals surface area contributed by atoms with E-state index in [1.54, 1.807) is 0 Å². The largest absolute Gasteiger partial charge is 0.455 e. The van der Waals surface area contributed by atoms with Crippen LogP contribution in [0.3, 0.4) is 0 Å². The number of thiocarbonyl (C=S) groups is 1. The summed E-state index contributed by atoms with van der Waals surface area (Å²) in [5, 5.41) is 0. The van der Waals surface area contributed by atoms with Crippen LogP contribution >= 0.6 is 28.1 Å². The summed E-state index contributed by atoms with van der Waals surface area (Å²) in [6.45, 7) is 0. The van der Waals surface area contributed by atoms with Gasteiger partial charge in [0, 0.05) is 0 Å². The minimum absolute atomic E-state index is 0.0220. The molecule has 2 aromatic rings. The summed E-state index contributed by atoms with van der Waals surface area (Å²) in [7, 11) is 0. The Balaban J connectivity index is 2.44. The molecule has 0 atom stereocenters. The molecule has 0 spiro atoms. The van der Waals surface area contributed by atoms with Crippen molar-refractivity contribution < 1.29 is 13.5 Å². The lowest BCUT2D eigenvalue weighted by atomic mass is 10.2. The van der Waals surface area contributed by atoms with Gasteiger partial charge in [0.1, 0.15) is 28.1 Å². The number of rotatable bonds is 3. The molecule has 0 unspecified atom stereocenters. The van der Waals surface area contributed by atoms with E-state index in [9.17, 15) is 8.78 Å². The highest BCUT2D eigenvalue weighted by molar-refractivity contribution is 9.10. The molecule has 0 fully saturated rings. The first-order valence-corrected chi connectivity index (χ1v) is 6.40. The highest BCUT2D eigenvalue weighted by atomic mass is 79.9. The molecule has 98 valence electrons. The molecular formula is C13H8BrF2NOS. The van der Waals surface area contributed by atoms with Crippen molar-refractivity contribution in [3.63, 3.8) is 0 Å². The van der Waals surface area contributed by atoms with Crippen LogP contribution in [0, 0.1) is 11.6 Å². The molecule has 0 heterocycles. The second-order valence-electron chi connectivity index (χ2n) is 3.65. The van der Waals surface area contributed by atoms with Crippen molar-refractivity contribution in [3.05, 3.63) is 58.1 Å². The molecule has 2 N–H and O–H groups in total. The van der Waals surface area contributed by atoms with E-state index < -0.39 is 11.6 Å². The van der Waals surface area contributed by atoms with E-state index >= 15 is 0 Å². The highest BCUT2D eigenvalue weighted by Gasteiger charge is 2.14. The molecule has 0 radical (unpaired) electrons. The van der Waals surface area contributed by atoms with Crippen LogP contribution in [-0.2, 0) is 0 Å². The SMILES string of the molecule is NC(=S)c1c(F)cccc1Oc1ccc(F)cc1Br. The van der Waals surface area contributed by atoms with Crippen LogP contribution in [0.4, 0.5) is 8.78 Å². The minimum Gasteiger partial charge on any atom is -0.455 e. The summed E-state index contributed by atoms with van der Waals surface area (Å²) in [5.41, 5.74) is 5.49. The van der Waals surface area contributed by atoms with Crippen molar-refractivity contribution in [3.8, 4) is 11.5 Å². The summed E-state index contributed by atoms with van der Waals surface area (Å²) in [6.07, 6.45) is 0. The van der Waals surface area contributed by atoms with Gasteiger partial charge in [0.15, 0.2) is 0 Å². The van der Waals surface area contributed by atoms with Crippen molar-refractivity contribution in [2.24, 2.45) is 5.73 Å². The molecule has 19 heavy (non-hydrogen) atoms. The van der Waals surface area contributed by atoms with Crippen molar-refractivity contribution >= 4 is 33.1 Å². The average Bonchev–Trinajstić information content (AvgIpc) is 2.32. The Morgan fingerprint density at radius 3 is 2.53 bits per heavy atom. The molecule has 2 nitrogen and oxygen atoms in total. The zero-order chi connectivity index (χ0) is 14.0. The zero-order valence-electron chi connectivity index (χ0n) is 9.49. The summed E-state index contributed by atoms with van der Waals surface area (Å²) in [4.78, 5) is -0.105. The van der Waals surface area contributed by atoms with Crippen molar-refractivity contribution in [2.45, 2.75) is 0 Å². The van der Waals surface area contributed by atoms with Crippen LogP contribution in [0.2, 0.25) is 0 Å². The van der Waals surface area contributed by atoms with E-state index in [0.717, 1.165) is 0 Å². The first-order valence-electron chi connectivity index (χ1n) is 5.20. The van der Waals surface area contributed by atoms with Gasteiger partial charge in [-0.3, -0.25) is 0 Å². The third kappa shape index (κ3) is 3.08. The second-order valence-corrected chi connectivity index (χ2v) is 4.95. The molecule has 0 aliphatic rings. The third-order valence-corrected chi connectivity index (χ3v) is 3.16. The van der Waals surface area contributed by atoms with Gasteiger partial charge in [-0.25, -0.2) is 8.78 Å². The molecule has 0 saturated heterocycles. The fourth-order valence-electron chi connectivity index (χ4n) is 1.50. The van der Waals surface area contributed by atoms with Crippen molar-refractivity contribution in [2.75, 3.05) is 0 Å². The number of benzene rings is 2. The topological polar surface area (TPSA) is 35.2 Å². The molecule has 0 bridgehead atoms. The highest BCUT2D eigenvalue weighted by Crippen LogP contribution is 2.32. The first-order chi connectivity index (χ1) is 8.99. The Morgan fingerprint density at radius 1 is 1.16 bits per heavy atom. The average molecular weight is 344 g/mol. The maximum absolute atomic E-state index is 13.6. The Kier molecular flexibility index (Phi) is 4.11. The van der Waals surface area contributed by atoms with Crippen LogP contribution in [0.1, 0.15) is 5.56 Å². The van der Waals surface area contributed by atoms with Crippen molar-refractivity contribution in [1.82, 2.24) is 0 Å². The van der Waals surface area contributed by atoms with Crippen LogP contribution in [-0.4, -0.2) is 4.99 Å². The fraction of sp³-hybridized carbons (Fsp3) is 0. The number of halogens is 3. The van der Waals surface area contributed by atoms with Crippen LogP contribution in [0.25, 0.3) is 0 Å². The molecular weight excluding hydrogens is 336 g/mol. The number of nitrogens with two attached hydrogens (primary N) is 1. The Labute approximate surface area is 122 Å². The smallest absolute Gasteiger partial charge is 0.141 e. The Hall–Kier alpha value is -1.53. The van der Waals surface area contributed by atoms with Gasteiger partial charge in [0.05, 0.1) is 10.0 Å². The molecule has 0 aromatic heterocycles. The Morgan fingerprint density at radius 2 is 1.89 bits per heavy atom. The molecule has 0 amide bonds. The number of hydrogen-bond donors (Lipinski definition) is 1. The van der Waals surface area contributed by atoms with Gasteiger partial charge in [0.25, 0.3) is 0 Å². The predicted octanol–water partition coefficient (Wildman–Crippen LogP) is 4.15. The van der Waals surface area contributed by atoms with Gasteiger partial charge in [-0.2, -0.15) is 0 Å². The third-order valence-electron chi connectivity index (χ3n) is 2.34. The number of hydrogen-bond acceptors (Lipinski definition) is 2. The lowest BCUT2D eigenvalue weighted by Gasteiger charge is -2.12. The number of ether oxygens (including phenoxy) is 1. The summed E-state index contributed by atoms with van der Waals surface area (Å²) >= 11 is 7.95. The normalized spacial score (nSPS) is 10.3. The molecule has 0 aliphatic heterocycles. The van der Waals surface area contributed by atoms with Gasteiger partial charge in [-0.15, -0.1) is 0 Å². The van der Waals surface area contributed by atoms with Gasteiger partial charge < -0.3 is 10.5 Å². The molecule has 6 heteroatoms. The summed E-state index contributed by atoms with van der Waals surface area (Å²) < 4.78 is 32.5. The maximum atomic E-state index is 13.6. The standard InChI is InChI=1S/C13H8BrF2NOS/c14-8-6-7(15)4-5-10(8)18-11-3-1-2-9(16)12(11)13(17)19/h1-6H,(H2,17,19). The van der Waals surface area contributed by atoms with Gasteiger partial charge >= 0.3 is 0 Å². The molecule has 2 aromatic carbocycles. The van der Waals surface area contributed by atoms with E-state index in [0.29, 0.717) is 10.2 Å². The Bertz CT molecular complexity index is 649. The van der Waals surface area contributed by atoms with Crippen LogP contribution < -0.4 is 10.5 Å². The lowest BCUT2D eigenvalue weighted by molar-refractivity contribution is 0.470. The lowest BCUT2D eigenvalue weighted by Crippen LogP contribution is -2.13. The van der Waals surface area contributed by atoms with Gasteiger partial charge in [-0.05, 0) is 46.3 Å². The van der Waals surface area contributed by atoms with E-state index in [1.807, 2.05) is 0 Å². The zero-order valence-corrected chi connectivity index (χ0v) is 11.9. The first kappa shape index (κ1) is 13.9. The van der Waals surface area contributed by atoms with Crippen molar-refractivity contribution in [1.29, 1.82) is 0 Å². The van der Waals surface area contributed by atoms with E-state index in [4.69, 9.17) is 22.7 Å². The van der Waals surface area contributed by atoms with Gasteiger partial charge in [-0.1, -0.05) is 18.3 Å². The maximum Gasteiger partial charge on any atom is 0.141 e. The van der Waals surface area contributed by atoms with Crippen LogP contribution in [0.15, 0.2) is 40.9 Å². The molecule has 0 aliphatic carbocycles. The molecule has 0 saturated carbocycles. The van der Waals surface area contributed by atoms with Crippen LogP contribution in [0.5, 0.6) is 11.5 Å². The van der Waals surface area contributed by atoms with Gasteiger partial charge in [0.2, 0.25) is 0 Å². The predicted molar refractivity (Wildman–Crippen MR) is 76.5 cm³/mol. The fourth-order valence-corrected chi connectivity index (χ4v) is 2.13. The quantitative estimate of drug-likeness (QED) is 0.850. The summed E-state index contributed by atoms with van der Waals surface area (Å²) in [5.74, 6) is -0.458. The van der Waals surface area contributed by atoms with E-state index in [2.05, 4.69) is 15.9 Å².